The molecule has 1 fully saturated rings. The highest BCUT2D eigenvalue weighted by Crippen LogP contribution is 2.22. The summed E-state index contributed by atoms with van der Waals surface area (Å²) in [5, 5.41) is 0. The molecule has 1 saturated heterocycles. The number of ether oxygens (including phenoxy) is 2. The highest BCUT2D eigenvalue weighted by molar-refractivity contribution is 5.17. The molecule has 2 rings (SSSR count). The molecule has 70 valence electrons. The van der Waals surface area contributed by atoms with E-state index < -0.39 is 0 Å². The summed E-state index contributed by atoms with van der Waals surface area (Å²) in [5.74, 6) is 0. The summed E-state index contributed by atoms with van der Waals surface area (Å²) in [6.07, 6.45) is 1.50. The summed E-state index contributed by atoms with van der Waals surface area (Å²) in [5.41, 5.74) is 7.32. The van der Waals surface area contributed by atoms with Gasteiger partial charge in [0.2, 0.25) is 0 Å². The van der Waals surface area contributed by atoms with E-state index in [0.29, 0.717) is 19.8 Å². The van der Waals surface area contributed by atoms with E-state index in [2.05, 4.69) is 4.98 Å². The lowest BCUT2D eigenvalue weighted by Crippen LogP contribution is -2.03. The molecular formula is C9H12N2O2. The first-order valence-electron chi connectivity index (χ1n) is 4.28. The maximum atomic E-state index is 5.47. The molecule has 1 aliphatic heterocycles. The maximum Gasteiger partial charge on any atom is 0.184 e. The zero-order valence-electron chi connectivity index (χ0n) is 7.27. The minimum Gasteiger partial charge on any atom is -0.346 e. The van der Waals surface area contributed by atoms with Crippen molar-refractivity contribution in [2.75, 3.05) is 13.2 Å². The van der Waals surface area contributed by atoms with Crippen molar-refractivity contribution in [2.45, 2.75) is 12.8 Å². The first-order chi connectivity index (χ1) is 6.40. The Hall–Kier alpha value is -0.970. The van der Waals surface area contributed by atoms with Crippen molar-refractivity contribution in [2.24, 2.45) is 5.73 Å². The SMILES string of the molecule is NCc1cc(C2OCCO2)ccn1. The molecule has 0 aromatic carbocycles. The van der Waals surface area contributed by atoms with Gasteiger partial charge in [-0.2, -0.15) is 0 Å². The molecule has 0 radical (unpaired) electrons. The Balaban J connectivity index is 2.18. The van der Waals surface area contributed by atoms with E-state index in [0.717, 1.165) is 11.3 Å². The van der Waals surface area contributed by atoms with Crippen LogP contribution < -0.4 is 5.73 Å². The topological polar surface area (TPSA) is 57.4 Å². The minimum absolute atomic E-state index is 0.228. The van der Waals surface area contributed by atoms with Gasteiger partial charge in [-0.1, -0.05) is 0 Å². The zero-order valence-corrected chi connectivity index (χ0v) is 7.27. The number of hydrogen-bond acceptors (Lipinski definition) is 4. The fourth-order valence-corrected chi connectivity index (χ4v) is 1.31. The number of hydrogen-bond donors (Lipinski definition) is 1. The zero-order chi connectivity index (χ0) is 9.10. The molecule has 2 N–H and O–H groups in total. The largest absolute Gasteiger partial charge is 0.346 e. The second-order valence-corrected chi connectivity index (χ2v) is 2.86. The van der Waals surface area contributed by atoms with Crippen molar-refractivity contribution in [3.05, 3.63) is 29.6 Å². The monoisotopic (exact) mass is 180 g/mol. The van der Waals surface area contributed by atoms with Crippen LogP contribution in [0.4, 0.5) is 0 Å². The van der Waals surface area contributed by atoms with Crippen LogP contribution >= 0.6 is 0 Å². The van der Waals surface area contributed by atoms with Crippen LogP contribution in [0.5, 0.6) is 0 Å². The van der Waals surface area contributed by atoms with Crippen LogP contribution in [-0.4, -0.2) is 18.2 Å². The molecule has 1 aliphatic rings. The second-order valence-electron chi connectivity index (χ2n) is 2.86. The number of pyridine rings is 1. The van der Waals surface area contributed by atoms with Gasteiger partial charge in [-0.25, -0.2) is 0 Å². The molecular weight excluding hydrogens is 168 g/mol. The third-order valence-corrected chi connectivity index (χ3v) is 1.94. The van der Waals surface area contributed by atoms with Crippen LogP contribution in [0.3, 0.4) is 0 Å². The van der Waals surface area contributed by atoms with E-state index in [1.165, 1.54) is 0 Å². The number of aromatic nitrogens is 1. The summed E-state index contributed by atoms with van der Waals surface area (Å²) in [4.78, 5) is 4.09. The number of nitrogens with two attached hydrogens (primary N) is 1. The quantitative estimate of drug-likeness (QED) is 0.723. The van der Waals surface area contributed by atoms with E-state index >= 15 is 0 Å². The van der Waals surface area contributed by atoms with Gasteiger partial charge in [0.15, 0.2) is 6.29 Å². The Morgan fingerprint density at radius 1 is 1.46 bits per heavy atom. The van der Waals surface area contributed by atoms with Gasteiger partial charge in [0, 0.05) is 18.3 Å². The normalized spacial score (nSPS) is 17.9. The molecule has 13 heavy (non-hydrogen) atoms. The fourth-order valence-electron chi connectivity index (χ4n) is 1.31. The highest BCUT2D eigenvalue weighted by Gasteiger charge is 2.18. The number of nitrogens with zero attached hydrogens (tertiary/aromatic N) is 1. The third kappa shape index (κ3) is 1.85. The Morgan fingerprint density at radius 3 is 2.92 bits per heavy atom. The van der Waals surface area contributed by atoms with Gasteiger partial charge in [-0.15, -0.1) is 0 Å². The Morgan fingerprint density at radius 2 is 2.23 bits per heavy atom. The van der Waals surface area contributed by atoms with Crippen LogP contribution in [0, 0.1) is 0 Å². The van der Waals surface area contributed by atoms with Crippen LogP contribution in [0.15, 0.2) is 18.3 Å². The van der Waals surface area contributed by atoms with Gasteiger partial charge >= 0.3 is 0 Å². The molecule has 1 aromatic heterocycles. The summed E-state index contributed by atoms with van der Waals surface area (Å²) >= 11 is 0. The molecule has 0 amide bonds. The maximum absolute atomic E-state index is 5.47. The van der Waals surface area contributed by atoms with E-state index in [9.17, 15) is 0 Å². The Kier molecular flexibility index (Phi) is 2.54. The van der Waals surface area contributed by atoms with E-state index in [-0.39, 0.29) is 6.29 Å². The number of rotatable bonds is 2. The average molecular weight is 180 g/mol. The molecule has 0 bridgehead atoms. The van der Waals surface area contributed by atoms with Crippen molar-refractivity contribution >= 4 is 0 Å². The molecule has 1 aromatic rings. The Labute approximate surface area is 76.7 Å². The Bertz CT molecular complexity index is 285. The van der Waals surface area contributed by atoms with Gasteiger partial charge in [0.05, 0.1) is 18.9 Å². The summed E-state index contributed by atoms with van der Waals surface area (Å²) in [7, 11) is 0. The predicted molar refractivity (Wildman–Crippen MR) is 46.8 cm³/mol. The van der Waals surface area contributed by atoms with E-state index in [1.807, 2.05) is 12.1 Å². The van der Waals surface area contributed by atoms with Gasteiger partial charge < -0.3 is 15.2 Å². The lowest BCUT2D eigenvalue weighted by Gasteiger charge is -2.09. The van der Waals surface area contributed by atoms with Gasteiger partial charge in [-0.3, -0.25) is 4.98 Å². The standard InChI is InChI=1S/C9H12N2O2/c10-6-8-5-7(1-2-11-8)9-12-3-4-13-9/h1-2,5,9H,3-4,6,10H2. The molecule has 0 saturated carbocycles. The molecule has 0 unspecified atom stereocenters. The van der Waals surface area contributed by atoms with Crippen LogP contribution in [0.1, 0.15) is 17.5 Å². The minimum atomic E-state index is -0.228. The van der Waals surface area contributed by atoms with Crippen LogP contribution in [0.2, 0.25) is 0 Å². The molecule has 4 nitrogen and oxygen atoms in total. The molecule has 0 spiro atoms. The van der Waals surface area contributed by atoms with Crippen molar-refractivity contribution < 1.29 is 9.47 Å². The van der Waals surface area contributed by atoms with Gasteiger partial charge in [-0.05, 0) is 12.1 Å². The molecule has 0 atom stereocenters. The first-order valence-corrected chi connectivity index (χ1v) is 4.28. The summed E-state index contributed by atoms with van der Waals surface area (Å²) in [6, 6.07) is 3.80. The van der Waals surface area contributed by atoms with Crippen molar-refractivity contribution in [1.82, 2.24) is 4.98 Å². The molecule has 2 heterocycles. The average Bonchev–Trinajstić information content (AvgIpc) is 2.71. The molecule has 4 heteroatoms. The second kappa shape index (κ2) is 3.83. The smallest absolute Gasteiger partial charge is 0.184 e. The highest BCUT2D eigenvalue weighted by atomic mass is 16.7. The molecule has 0 aliphatic carbocycles. The van der Waals surface area contributed by atoms with E-state index in [4.69, 9.17) is 15.2 Å². The van der Waals surface area contributed by atoms with E-state index in [1.54, 1.807) is 6.20 Å². The van der Waals surface area contributed by atoms with Gasteiger partial charge in [0.1, 0.15) is 0 Å². The predicted octanol–water partition coefficient (Wildman–Crippen LogP) is 0.586. The summed E-state index contributed by atoms with van der Waals surface area (Å²) in [6.45, 7) is 1.76. The van der Waals surface area contributed by atoms with Crippen molar-refractivity contribution in [3.63, 3.8) is 0 Å². The van der Waals surface area contributed by atoms with Crippen LogP contribution in [0.25, 0.3) is 0 Å². The first kappa shape index (κ1) is 8.62. The fraction of sp³-hybridized carbons (Fsp3) is 0.444. The summed E-state index contributed by atoms with van der Waals surface area (Å²) < 4.78 is 10.7. The van der Waals surface area contributed by atoms with Crippen molar-refractivity contribution in [1.29, 1.82) is 0 Å². The van der Waals surface area contributed by atoms with Gasteiger partial charge in [0.25, 0.3) is 0 Å². The lowest BCUT2D eigenvalue weighted by atomic mass is 10.2. The van der Waals surface area contributed by atoms with Crippen LogP contribution in [-0.2, 0) is 16.0 Å². The third-order valence-electron chi connectivity index (χ3n) is 1.94. The van der Waals surface area contributed by atoms with Crippen molar-refractivity contribution in [3.8, 4) is 0 Å². The lowest BCUT2D eigenvalue weighted by molar-refractivity contribution is -0.0442.